The van der Waals surface area contributed by atoms with Gasteiger partial charge in [0.05, 0.1) is 0 Å². The highest BCUT2D eigenvalue weighted by Gasteiger charge is 2.05. The van der Waals surface area contributed by atoms with Gasteiger partial charge in [0.1, 0.15) is 5.82 Å². The van der Waals surface area contributed by atoms with Crippen molar-refractivity contribution in [3.05, 3.63) is 35.6 Å². The maximum Gasteiger partial charge on any atom is 0.127 e. The average molecular weight is 216 g/mol. The smallest absolute Gasteiger partial charge is 0.127 e. The zero-order valence-corrected chi connectivity index (χ0v) is 9.10. The summed E-state index contributed by atoms with van der Waals surface area (Å²) in [6.45, 7) is 4.37. The Bertz CT molecular complexity index is 278. The second-order valence-corrected chi connectivity index (χ2v) is 3.53. The summed E-state index contributed by atoms with van der Waals surface area (Å²) >= 11 is 5.65. The fourth-order valence-corrected chi connectivity index (χ4v) is 1.58. The van der Waals surface area contributed by atoms with Gasteiger partial charge in [-0.15, -0.1) is 11.6 Å². The largest absolute Gasteiger partial charge is 0.298 e. The minimum absolute atomic E-state index is 0.138. The number of hydrogen-bond acceptors (Lipinski definition) is 1. The summed E-state index contributed by atoms with van der Waals surface area (Å²) < 4.78 is 13.3. The summed E-state index contributed by atoms with van der Waals surface area (Å²) in [5, 5.41) is 0. The van der Waals surface area contributed by atoms with Crippen LogP contribution >= 0.6 is 11.6 Å². The first kappa shape index (κ1) is 11.5. The Labute approximate surface area is 89.5 Å². The lowest BCUT2D eigenvalue weighted by Crippen LogP contribution is -2.25. The molecule has 1 aromatic carbocycles. The molecule has 0 saturated carbocycles. The normalized spacial score (nSPS) is 10.9. The molecule has 0 spiro atoms. The summed E-state index contributed by atoms with van der Waals surface area (Å²) in [5.74, 6) is 0.447. The first-order chi connectivity index (χ1) is 6.77. The quantitative estimate of drug-likeness (QED) is 0.683. The van der Waals surface area contributed by atoms with Crippen molar-refractivity contribution >= 4 is 11.6 Å². The van der Waals surface area contributed by atoms with Crippen LogP contribution < -0.4 is 0 Å². The molecule has 78 valence electrons. The van der Waals surface area contributed by atoms with E-state index in [4.69, 9.17) is 11.6 Å². The zero-order chi connectivity index (χ0) is 10.4. The Morgan fingerprint density at radius 3 is 2.64 bits per heavy atom. The van der Waals surface area contributed by atoms with Crippen LogP contribution in [-0.2, 0) is 6.54 Å². The van der Waals surface area contributed by atoms with Crippen LogP contribution in [0, 0.1) is 5.82 Å². The second kappa shape index (κ2) is 5.99. The van der Waals surface area contributed by atoms with Gasteiger partial charge in [-0.1, -0.05) is 25.1 Å². The van der Waals surface area contributed by atoms with Gasteiger partial charge >= 0.3 is 0 Å². The molecule has 0 saturated heterocycles. The molecule has 0 amide bonds. The first-order valence-corrected chi connectivity index (χ1v) is 5.33. The highest BCUT2D eigenvalue weighted by molar-refractivity contribution is 6.18. The van der Waals surface area contributed by atoms with Crippen molar-refractivity contribution in [2.24, 2.45) is 0 Å². The lowest BCUT2D eigenvalue weighted by Gasteiger charge is -2.19. The van der Waals surface area contributed by atoms with Crippen molar-refractivity contribution < 1.29 is 4.39 Å². The molecule has 0 aliphatic rings. The molecule has 0 atom stereocenters. The van der Waals surface area contributed by atoms with E-state index >= 15 is 0 Å². The number of halogens is 2. The molecule has 0 aliphatic heterocycles. The molecule has 0 aromatic heterocycles. The maximum atomic E-state index is 13.3. The number of hydrogen-bond donors (Lipinski definition) is 0. The van der Waals surface area contributed by atoms with Crippen molar-refractivity contribution in [2.45, 2.75) is 13.5 Å². The summed E-state index contributed by atoms with van der Waals surface area (Å²) in [5.41, 5.74) is 0.736. The van der Waals surface area contributed by atoms with E-state index in [0.29, 0.717) is 12.4 Å². The van der Waals surface area contributed by atoms with Gasteiger partial charge in [-0.05, 0) is 12.6 Å². The molecule has 3 heteroatoms. The molecule has 1 rings (SSSR count). The topological polar surface area (TPSA) is 3.24 Å². The Balaban J connectivity index is 2.62. The Kier molecular flexibility index (Phi) is 4.91. The maximum absolute atomic E-state index is 13.3. The molecule has 0 radical (unpaired) electrons. The Morgan fingerprint density at radius 2 is 2.07 bits per heavy atom. The van der Waals surface area contributed by atoms with E-state index in [9.17, 15) is 4.39 Å². The van der Waals surface area contributed by atoms with E-state index in [1.807, 2.05) is 19.1 Å². The lowest BCUT2D eigenvalue weighted by molar-refractivity contribution is 0.293. The first-order valence-electron chi connectivity index (χ1n) is 4.79. The van der Waals surface area contributed by atoms with Crippen molar-refractivity contribution in [1.29, 1.82) is 0 Å². The number of alkyl halides is 1. The van der Waals surface area contributed by atoms with Crippen molar-refractivity contribution in [1.82, 2.24) is 4.90 Å². The average Bonchev–Trinajstić information content (AvgIpc) is 2.20. The summed E-state index contributed by atoms with van der Waals surface area (Å²) in [7, 11) is 0. The third-order valence-electron chi connectivity index (χ3n) is 2.20. The third kappa shape index (κ3) is 3.28. The van der Waals surface area contributed by atoms with Crippen LogP contribution in [0.15, 0.2) is 24.3 Å². The standard InChI is InChI=1S/C11H15ClFN/c1-2-14(8-7-12)9-10-5-3-4-6-11(10)13/h3-6H,2,7-9H2,1H3. The van der Waals surface area contributed by atoms with Gasteiger partial charge in [-0.2, -0.15) is 0 Å². The van der Waals surface area contributed by atoms with Gasteiger partial charge in [-0.3, -0.25) is 4.90 Å². The summed E-state index contributed by atoms with van der Waals surface area (Å²) in [4.78, 5) is 2.12. The minimum atomic E-state index is -0.138. The van der Waals surface area contributed by atoms with E-state index in [1.54, 1.807) is 6.07 Å². The van der Waals surface area contributed by atoms with Gasteiger partial charge in [0.25, 0.3) is 0 Å². The van der Waals surface area contributed by atoms with Crippen LogP contribution in [0.2, 0.25) is 0 Å². The predicted octanol–water partition coefficient (Wildman–Crippen LogP) is 2.89. The van der Waals surface area contributed by atoms with E-state index in [-0.39, 0.29) is 5.82 Å². The van der Waals surface area contributed by atoms with E-state index in [0.717, 1.165) is 18.7 Å². The summed E-state index contributed by atoms with van der Waals surface area (Å²) in [6.07, 6.45) is 0. The fourth-order valence-electron chi connectivity index (χ4n) is 1.34. The van der Waals surface area contributed by atoms with E-state index < -0.39 is 0 Å². The van der Waals surface area contributed by atoms with Crippen molar-refractivity contribution in [2.75, 3.05) is 19.0 Å². The lowest BCUT2D eigenvalue weighted by atomic mass is 10.2. The monoisotopic (exact) mass is 215 g/mol. The second-order valence-electron chi connectivity index (χ2n) is 3.15. The molecule has 0 N–H and O–H groups in total. The number of rotatable bonds is 5. The molecule has 0 fully saturated rings. The van der Waals surface area contributed by atoms with Crippen molar-refractivity contribution in [3.63, 3.8) is 0 Å². The molecular formula is C11H15ClFN. The van der Waals surface area contributed by atoms with E-state index in [2.05, 4.69) is 4.90 Å². The molecule has 1 aromatic rings. The predicted molar refractivity (Wildman–Crippen MR) is 58.1 cm³/mol. The zero-order valence-electron chi connectivity index (χ0n) is 8.34. The third-order valence-corrected chi connectivity index (χ3v) is 2.37. The van der Waals surface area contributed by atoms with Gasteiger partial charge in [0.15, 0.2) is 0 Å². The SMILES string of the molecule is CCN(CCCl)Cc1ccccc1F. The fraction of sp³-hybridized carbons (Fsp3) is 0.455. The van der Waals surface area contributed by atoms with Crippen LogP contribution in [0.4, 0.5) is 4.39 Å². The molecule has 1 nitrogen and oxygen atoms in total. The molecular weight excluding hydrogens is 201 g/mol. The van der Waals surface area contributed by atoms with Crippen molar-refractivity contribution in [3.8, 4) is 0 Å². The van der Waals surface area contributed by atoms with E-state index in [1.165, 1.54) is 6.07 Å². The summed E-state index contributed by atoms with van der Waals surface area (Å²) in [6, 6.07) is 6.86. The van der Waals surface area contributed by atoms with Gasteiger partial charge in [-0.25, -0.2) is 4.39 Å². The van der Waals surface area contributed by atoms with Crippen LogP contribution in [-0.4, -0.2) is 23.9 Å². The van der Waals surface area contributed by atoms with Gasteiger partial charge in [0.2, 0.25) is 0 Å². The minimum Gasteiger partial charge on any atom is -0.298 e. The van der Waals surface area contributed by atoms with Gasteiger partial charge < -0.3 is 0 Å². The van der Waals surface area contributed by atoms with Crippen LogP contribution in [0.1, 0.15) is 12.5 Å². The molecule has 14 heavy (non-hydrogen) atoms. The van der Waals surface area contributed by atoms with Crippen LogP contribution in [0.5, 0.6) is 0 Å². The van der Waals surface area contributed by atoms with Gasteiger partial charge in [0, 0.05) is 24.5 Å². The highest BCUT2D eigenvalue weighted by Crippen LogP contribution is 2.09. The Morgan fingerprint density at radius 1 is 1.36 bits per heavy atom. The molecule has 0 unspecified atom stereocenters. The Hall–Kier alpha value is -0.600. The molecule has 0 heterocycles. The number of nitrogens with zero attached hydrogens (tertiary/aromatic N) is 1. The molecule has 0 aliphatic carbocycles. The highest BCUT2D eigenvalue weighted by atomic mass is 35.5. The number of benzene rings is 1. The van der Waals surface area contributed by atoms with Crippen LogP contribution in [0.3, 0.4) is 0 Å². The molecule has 0 bridgehead atoms. The van der Waals surface area contributed by atoms with Crippen LogP contribution in [0.25, 0.3) is 0 Å².